The molecule has 0 spiro atoms. The van der Waals surface area contributed by atoms with E-state index >= 15 is 0 Å². The summed E-state index contributed by atoms with van der Waals surface area (Å²) < 4.78 is 1.98. The zero-order valence-corrected chi connectivity index (χ0v) is 12.5. The first-order chi connectivity index (χ1) is 10.3. The topological polar surface area (TPSA) is 68.8 Å². The van der Waals surface area contributed by atoms with Gasteiger partial charge in [0.05, 0.1) is 11.9 Å². The minimum Gasteiger partial charge on any atom is -0.381 e. The molecule has 2 atom stereocenters. The van der Waals surface area contributed by atoms with Crippen LogP contribution in [0.2, 0.25) is 0 Å². The summed E-state index contributed by atoms with van der Waals surface area (Å²) in [7, 11) is 0. The Balaban J connectivity index is 1.71. The summed E-state index contributed by atoms with van der Waals surface area (Å²) in [6.07, 6.45) is 10.6. The molecule has 3 rings (SSSR count). The van der Waals surface area contributed by atoms with Crippen molar-refractivity contribution in [3.63, 3.8) is 0 Å². The summed E-state index contributed by atoms with van der Waals surface area (Å²) in [4.78, 5) is 8.75. The summed E-state index contributed by atoms with van der Waals surface area (Å²) in [6, 6.07) is 4.59. The normalized spacial score (nSPS) is 22.2. The lowest BCUT2D eigenvalue weighted by molar-refractivity contribution is 0.332. The minimum absolute atomic E-state index is 0.478. The fraction of sp³-hybridized carbons (Fsp3) is 0.500. The van der Waals surface area contributed by atoms with Crippen LogP contribution in [0.4, 0.5) is 5.69 Å². The number of nitrogens with two attached hydrogens (primary N) is 1. The Kier molecular flexibility index (Phi) is 4.20. The summed E-state index contributed by atoms with van der Waals surface area (Å²) in [5.74, 6) is 2.42. The van der Waals surface area contributed by atoms with Crippen molar-refractivity contribution in [1.29, 1.82) is 0 Å². The number of nitrogens with one attached hydrogen (secondary N) is 1. The van der Waals surface area contributed by atoms with Crippen LogP contribution in [0.1, 0.15) is 31.5 Å². The highest BCUT2D eigenvalue weighted by Crippen LogP contribution is 2.26. The summed E-state index contributed by atoms with van der Waals surface area (Å²) in [5.41, 5.74) is 6.96. The highest BCUT2D eigenvalue weighted by Gasteiger charge is 2.23. The van der Waals surface area contributed by atoms with Crippen LogP contribution in [-0.2, 0) is 0 Å². The second-order valence-electron chi connectivity index (χ2n) is 5.78. The highest BCUT2D eigenvalue weighted by molar-refractivity contribution is 5.45. The summed E-state index contributed by atoms with van der Waals surface area (Å²) in [5, 5.41) is 3.60. The molecule has 0 amide bonds. The van der Waals surface area contributed by atoms with E-state index in [9.17, 15) is 0 Å². The summed E-state index contributed by atoms with van der Waals surface area (Å²) >= 11 is 0. The Morgan fingerprint density at radius 3 is 2.81 bits per heavy atom. The van der Waals surface area contributed by atoms with Crippen molar-refractivity contribution in [3.8, 4) is 5.82 Å². The molecular weight excluding hydrogens is 262 g/mol. The molecule has 1 aliphatic rings. The third-order valence-corrected chi connectivity index (χ3v) is 4.38. The van der Waals surface area contributed by atoms with Gasteiger partial charge in [-0.1, -0.05) is 12.8 Å². The molecule has 0 aliphatic heterocycles. The van der Waals surface area contributed by atoms with Gasteiger partial charge in [0.15, 0.2) is 0 Å². The molecule has 1 aliphatic carbocycles. The van der Waals surface area contributed by atoms with E-state index in [2.05, 4.69) is 21.4 Å². The van der Waals surface area contributed by atoms with Gasteiger partial charge in [-0.15, -0.1) is 0 Å². The lowest BCUT2D eigenvalue weighted by Gasteiger charge is -2.32. The van der Waals surface area contributed by atoms with Gasteiger partial charge in [0.25, 0.3) is 0 Å². The van der Waals surface area contributed by atoms with Gasteiger partial charge < -0.3 is 11.1 Å². The average Bonchev–Trinajstić information content (AvgIpc) is 2.95. The number of anilines is 1. The number of rotatable bonds is 4. The van der Waals surface area contributed by atoms with Crippen molar-refractivity contribution >= 4 is 5.69 Å². The number of hydrogen-bond acceptors (Lipinski definition) is 4. The van der Waals surface area contributed by atoms with E-state index in [1.165, 1.54) is 25.7 Å². The first kappa shape index (κ1) is 14.1. The quantitative estimate of drug-likeness (QED) is 0.905. The molecule has 2 heterocycles. The molecule has 0 radical (unpaired) electrons. The summed E-state index contributed by atoms with van der Waals surface area (Å²) in [6.45, 7) is 2.74. The van der Waals surface area contributed by atoms with E-state index in [-0.39, 0.29) is 0 Å². The Morgan fingerprint density at radius 2 is 2.14 bits per heavy atom. The van der Waals surface area contributed by atoms with E-state index in [1.54, 1.807) is 6.20 Å². The maximum atomic E-state index is 5.89. The van der Waals surface area contributed by atoms with Crippen molar-refractivity contribution in [2.75, 3.05) is 11.9 Å². The zero-order valence-electron chi connectivity index (χ0n) is 12.5. The number of nitrogens with zero attached hydrogens (tertiary/aromatic N) is 3. The molecule has 1 fully saturated rings. The van der Waals surface area contributed by atoms with Gasteiger partial charge >= 0.3 is 0 Å². The number of aromatic nitrogens is 3. The van der Waals surface area contributed by atoms with Gasteiger partial charge in [0.1, 0.15) is 11.6 Å². The van der Waals surface area contributed by atoms with Gasteiger partial charge in [-0.25, -0.2) is 9.97 Å². The monoisotopic (exact) mass is 285 g/mol. The van der Waals surface area contributed by atoms with Gasteiger partial charge in [-0.3, -0.25) is 4.57 Å². The van der Waals surface area contributed by atoms with E-state index in [1.807, 2.05) is 30.0 Å². The number of hydrogen-bond donors (Lipinski definition) is 2. The molecule has 2 aromatic heterocycles. The Labute approximate surface area is 125 Å². The fourth-order valence-corrected chi connectivity index (χ4v) is 3.13. The first-order valence-electron chi connectivity index (χ1n) is 7.71. The van der Waals surface area contributed by atoms with Crippen LogP contribution in [0.3, 0.4) is 0 Å². The Hall–Kier alpha value is -1.88. The van der Waals surface area contributed by atoms with Crippen LogP contribution in [-0.4, -0.2) is 27.1 Å². The Bertz CT molecular complexity index is 575. The van der Waals surface area contributed by atoms with Crippen LogP contribution < -0.4 is 11.1 Å². The number of imidazole rings is 1. The second-order valence-corrected chi connectivity index (χ2v) is 5.78. The van der Waals surface area contributed by atoms with Crippen LogP contribution in [0.25, 0.3) is 5.82 Å². The van der Waals surface area contributed by atoms with Gasteiger partial charge in [0.2, 0.25) is 0 Å². The van der Waals surface area contributed by atoms with Crippen LogP contribution >= 0.6 is 0 Å². The lowest BCUT2D eigenvalue weighted by atomic mass is 9.84. The smallest absolute Gasteiger partial charge is 0.138 e. The van der Waals surface area contributed by atoms with Gasteiger partial charge in [-0.2, -0.15) is 0 Å². The fourth-order valence-electron chi connectivity index (χ4n) is 3.13. The van der Waals surface area contributed by atoms with Crippen molar-refractivity contribution in [2.45, 2.75) is 38.6 Å². The molecule has 21 heavy (non-hydrogen) atoms. The lowest BCUT2D eigenvalue weighted by Crippen LogP contribution is -2.36. The highest BCUT2D eigenvalue weighted by atomic mass is 15.1. The molecule has 2 unspecified atom stereocenters. The van der Waals surface area contributed by atoms with Crippen molar-refractivity contribution in [2.24, 2.45) is 11.7 Å². The molecule has 5 nitrogen and oxygen atoms in total. The molecule has 0 bridgehead atoms. The van der Waals surface area contributed by atoms with Crippen molar-refractivity contribution in [3.05, 3.63) is 36.5 Å². The van der Waals surface area contributed by atoms with E-state index in [0.29, 0.717) is 12.0 Å². The Morgan fingerprint density at radius 1 is 1.29 bits per heavy atom. The van der Waals surface area contributed by atoms with E-state index in [0.717, 1.165) is 23.9 Å². The molecule has 5 heteroatoms. The number of aryl methyl sites for hydroxylation is 1. The maximum absolute atomic E-state index is 5.89. The van der Waals surface area contributed by atoms with E-state index < -0.39 is 0 Å². The standard InChI is InChI=1S/C16H23N5/c1-12-18-8-9-21(12)16-7-6-14(11-19-16)20-15-5-3-2-4-13(15)10-17/h6-9,11,13,15,20H,2-5,10,17H2,1H3. The molecule has 0 aromatic carbocycles. The third kappa shape index (κ3) is 3.08. The maximum Gasteiger partial charge on any atom is 0.138 e. The zero-order chi connectivity index (χ0) is 14.7. The minimum atomic E-state index is 0.478. The average molecular weight is 285 g/mol. The largest absolute Gasteiger partial charge is 0.381 e. The van der Waals surface area contributed by atoms with Gasteiger partial charge in [0, 0.05) is 18.4 Å². The van der Waals surface area contributed by atoms with Crippen LogP contribution in [0.15, 0.2) is 30.7 Å². The molecule has 0 saturated heterocycles. The van der Waals surface area contributed by atoms with Gasteiger partial charge in [-0.05, 0) is 44.4 Å². The molecule has 1 saturated carbocycles. The molecule has 3 N–H and O–H groups in total. The molecule has 112 valence electrons. The van der Waals surface area contributed by atoms with Crippen molar-refractivity contribution in [1.82, 2.24) is 14.5 Å². The van der Waals surface area contributed by atoms with Crippen molar-refractivity contribution < 1.29 is 0 Å². The first-order valence-corrected chi connectivity index (χ1v) is 7.71. The number of pyridine rings is 1. The SMILES string of the molecule is Cc1nccn1-c1ccc(NC2CCCCC2CN)cn1. The second kappa shape index (κ2) is 6.26. The van der Waals surface area contributed by atoms with Crippen LogP contribution in [0.5, 0.6) is 0 Å². The van der Waals surface area contributed by atoms with E-state index in [4.69, 9.17) is 5.73 Å². The predicted octanol–water partition coefficient (Wildman–Crippen LogP) is 2.51. The molecular formula is C16H23N5. The predicted molar refractivity (Wildman–Crippen MR) is 84.5 cm³/mol. The molecule has 2 aromatic rings. The van der Waals surface area contributed by atoms with Crippen LogP contribution in [0, 0.1) is 12.8 Å². The third-order valence-electron chi connectivity index (χ3n) is 4.38.